The summed E-state index contributed by atoms with van der Waals surface area (Å²) in [5, 5.41) is 3.27. The number of hydrogen-bond acceptors (Lipinski definition) is 2. The molecule has 0 spiro atoms. The molecule has 0 radical (unpaired) electrons. The van der Waals surface area contributed by atoms with Crippen LogP contribution in [-0.4, -0.2) is 8.23 Å². The number of thiophene rings is 1. The molecular weight excluding hydrogens is 245 g/mol. The van der Waals surface area contributed by atoms with Gasteiger partial charge in [0, 0.05) is 5.56 Å². The molecule has 0 aromatic carbocycles. The Kier molecular flexibility index (Phi) is 1.47. The van der Waals surface area contributed by atoms with Crippen LogP contribution in [-0.2, 0) is 0 Å². The van der Waals surface area contributed by atoms with E-state index < -0.39 is 0 Å². The van der Waals surface area contributed by atoms with Crippen LogP contribution in [0.5, 0.6) is 0 Å². The molecule has 0 unspecified atom stereocenters. The average molecular weight is 249 g/mol. The lowest BCUT2D eigenvalue weighted by molar-refractivity contribution is 1.67. The lowest BCUT2D eigenvalue weighted by Gasteiger charge is -1.92. The summed E-state index contributed by atoms with van der Waals surface area (Å²) in [5.41, 5.74) is 1.34. The van der Waals surface area contributed by atoms with Crippen LogP contribution < -0.4 is 0 Å². The molecule has 0 saturated carbocycles. The third-order valence-corrected chi connectivity index (χ3v) is 3.54. The fourth-order valence-electron chi connectivity index (χ4n) is 0.668. The van der Waals surface area contributed by atoms with Gasteiger partial charge in [-0.1, -0.05) is 20.7 Å². The molecule has 0 amide bonds. The van der Waals surface area contributed by atoms with Gasteiger partial charge in [-0.3, -0.25) is 0 Å². The van der Waals surface area contributed by atoms with Crippen molar-refractivity contribution in [1.82, 2.24) is 0 Å². The zero-order valence-corrected chi connectivity index (χ0v) is 7.52. The Labute approximate surface area is 67.2 Å². The second-order valence-corrected chi connectivity index (χ2v) is 4.44. The summed E-state index contributed by atoms with van der Waals surface area (Å²) in [4.78, 5) is 4.26. The van der Waals surface area contributed by atoms with Crippen LogP contribution in [0, 0.1) is 0 Å². The van der Waals surface area contributed by atoms with E-state index in [1.54, 1.807) is 11.3 Å². The zero-order chi connectivity index (χ0) is 6.10. The van der Waals surface area contributed by atoms with E-state index >= 15 is 0 Å². The highest BCUT2D eigenvalue weighted by Gasteiger charge is 1.99. The van der Waals surface area contributed by atoms with Crippen molar-refractivity contribution in [1.29, 1.82) is 0 Å². The van der Waals surface area contributed by atoms with Gasteiger partial charge >= 0.3 is 0 Å². The van der Waals surface area contributed by atoms with Gasteiger partial charge < -0.3 is 0 Å². The van der Waals surface area contributed by atoms with Crippen LogP contribution >= 0.6 is 32.1 Å². The molecule has 1 aromatic rings. The highest BCUT2D eigenvalue weighted by atomic mass is 127. The van der Waals surface area contributed by atoms with Crippen LogP contribution in [0.4, 0.5) is 5.00 Å². The molecule has 1 nitrogen and oxygen atoms in total. The van der Waals surface area contributed by atoms with E-state index in [0.717, 1.165) is 0 Å². The first-order chi connectivity index (χ1) is 4.47. The number of halogens is 1. The minimum atomic E-state index is 0.142. The molecule has 0 atom stereocenters. The second kappa shape index (κ2) is 2.30. The van der Waals surface area contributed by atoms with Gasteiger partial charge in [-0.05, 0) is 15.5 Å². The Hall–Kier alpha value is -0.0300. The normalized spacial score (nSPS) is 14.7. The molecule has 0 aliphatic carbocycles. The number of hydrogen-bond donors (Lipinski definition) is 0. The minimum Gasteiger partial charge on any atom is -0.239 e. The zero-order valence-electron chi connectivity index (χ0n) is 4.54. The van der Waals surface area contributed by atoms with E-state index in [4.69, 9.17) is 0 Å². The standard InChI is InChI=1S/C6H4INS/c1-2-9-6-5(1)3-7-4-8-6/h1-4H. The van der Waals surface area contributed by atoms with Gasteiger partial charge in [-0.2, -0.15) is 0 Å². The third-order valence-electron chi connectivity index (χ3n) is 1.08. The minimum absolute atomic E-state index is 0.142. The molecule has 0 bridgehead atoms. The topological polar surface area (TPSA) is 12.4 Å². The first-order valence-corrected chi connectivity index (χ1v) is 5.89. The van der Waals surface area contributed by atoms with E-state index in [0.29, 0.717) is 0 Å². The molecule has 1 aromatic heterocycles. The number of fused-ring (bicyclic) bond motifs is 1. The summed E-state index contributed by atoms with van der Waals surface area (Å²) in [6.07, 6.45) is 0. The highest BCUT2D eigenvalue weighted by molar-refractivity contribution is 14.2. The van der Waals surface area contributed by atoms with Crippen LogP contribution in [0.25, 0.3) is 0 Å². The summed E-state index contributed by atoms with van der Waals surface area (Å²) in [7, 11) is 0. The predicted octanol–water partition coefficient (Wildman–Crippen LogP) is 2.54. The number of aliphatic imine (C=N–C) groups is 1. The summed E-state index contributed by atoms with van der Waals surface area (Å²) >= 11 is 1.86. The molecule has 0 saturated heterocycles. The molecule has 0 fully saturated rings. The van der Waals surface area contributed by atoms with Crippen molar-refractivity contribution in [3.05, 3.63) is 17.0 Å². The molecule has 2 rings (SSSR count). The van der Waals surface area contributed by atoms with Crippen molar-refractivity contribution < 1.29 is 0 Å². The average Bonchev–Trinajstić information content (AvgIpc) is 2.33. The smallest absolute Gasteiger partial charge is 0.124 e. The van der Waals surface area contributed by atoms with Gasteiger partial charge in [-0.15, -0.1) is 11.3 Å². The molecule has 9 heavy (non-hydrogen) atoms. The maximum absolute atomic E-state index is 4.26. The summed E-state index contributed by atoms with van der Waals surface area (Å²) in [5.74, 6) is 0. The first-order valence-electron chi connectivity index (χ1n) is 2.52. The van der Waals surface area contributed by atoms with Crippen molar-refractivity contribution in [3.8, 4) is 0 Å². The quantitative estimate of drug-likeness (QED) is 0.626. The lowest BCUT2D eigenvalue weighted by Crippen LogP contribution is -1.75. The largest absolute Gasteiger partial charge is 0.239 e. The van der Waals surface area contributed by atoms with E-state index in [-0.39, 0.29) is 20.7 Å². The van der Waals surface area contributed by atoms with Crippen LogP contribution in [0.3, 0.4) is 0 Å². The molecule has 0 N–H and O–H groups in total. The Morgan fingerprint density at radius 1 is 1.56 bits per heavy atom. The van der Waals surface area contributed by atoms with Crippen molar-refractivity contribution in [2.75, 3.05) is 0 Å². The first kappa shape index (κ1) is 5.73. The summed E-state index contributed by atoms with van der Waals surface area (Å²) in [6, 6.07) is 2.14. The van der Waals surface area contributed by atoms with Gasteiger partial charge in [-0.25, -0.2) is 4.99 Å². The molecule has 46 valence electrons. The van der Waals surface area contributed by atoms with E-state index in [2.05, 4.69) is 24.7 Å². The fourth-order valence-corrected chi connectivity index (χ4v) is 3.28. The van der Waals surface area contributed by atoms with Crippen molar-refractivity contribution in [2.45, 2.75) is 0 Å². The Morgan fingerprint density at radius 2 is 2.56 bits per heavy atom. The van der Waals surface area contributed by atoms with Gasteiger partial charge in [0.25, 0.3) is 0 Å². The Balaban J connectivity index is 2.68. The van der Waals surface area contributed by atoms with E-state index in [1.807, 2.05) is 0 Å². The monoisotopic (exact) mass is 249 g/mol. The SMILES string of the molecule is C1=Nc2sccc2C=I1. The van der Waals surface area contributed by atoms with E-state index in [1.165, 1.54) is 10.6 Å². The summed E-state index contributed by atoms with van der Waals surface area (Å²) < 4.78 is 4.36. The molecule has 1 aliphatic rings. The fraction of sp³-hybridized carbons (Fsp3) is 0. The Bertz CT molecular complexity index is 248. The molecule has 1 aliphatic heterocycles. The Morgan fingerprint density at radius 3 is 3.44 bits per heavy atom. The molecule has 3 heteroatoms. The van der Waals surface area contributed by atoms with Crippen LogP contribution in [0.2, 0.25) is 0 Å². The maximum Gasteiger partial charge on any atom is 0.124 e. The number of nitrogens with zero attached hydrogens (tertiary/aromatic N) is 1. The van der Waals surface area contributed by atoms with Gasteiger partial charge in [0.2, 0.25) is 0 Å². The van der Waals surface area contributed by atoms with Crippen molar-refractivity contribution in [3.63, 3.8) is 0 Å². The van der Waals surface area contributed by atoms with Crippen molar-refractivity contribution in [2.24, 2.45) is 4.99 Å². The predicted molar refractivity (Wildman–Crippen MR) is 51.7 cm³/mol. The van der Waals surface area contributed by atoms with Gasteiger partial charge in [0.1, 0.15) is 5.00 Å². The van der Waals surface area contributed by atoms with Crippen molar-refractivity contribution >= 4 is 45.3 Å². The van der Waals surface area contributed by atoms with Crippen LogP contribution in [0.15, 0.2) is 16.4 Å². The lowest BCUT2D eigenvalue weighted by atomic mass is 10.4. The molecular formula is C6H4INS. The highest BCUT2D eigenvalue weighted by Crippen LogP contribution is 2.28. The summed E-state index contributed by atoms with van der Waals surface area (Å²) in [6.45, 7) is 0. The number of rotatable bonds is 0. The van der Waals surface area contributed by atoms with E-state index in [9.17, 15) is 0 Å². The van der Waals surface area contributed by atoms with Gasteiger partial charge in [0.15, 0.2) is 0 Å². The molecule has 2 heterocycles. The maximum atomic E-state index is 4.26. The third kappa shape index (κ3) is 0.986. The van der Waals surface area contributed by atoms with Gasteiger partial charge in [0.05, 0.1) is 4.22 Å². The second-order valence-electron chi connectivity index (χ2n) is 1.64. The van der Waals surface area contributed by atoms with Crippen LogP contribution in [0.1, 0.15) is 5.56 Å².